The zero-order valence-corrected chi connectivity index (χ0v) is 15.5. The second kappa shape index (κ2) is 8.23. The second-order valence-corrected chi connectivity index (χ2v) is 7.48. The maximum absolute atomic E-state index is 12.2. The number of piperidine rings is 1. The van der Waals surface area contributed by atoms with E-state index in [9.17, 15) is 9.59 Å². The Morgan fingerprint density at radius 2 is 2.04 bits per heavy atom. The number of hydrogen-bond donors (Lipinski definition) is 0. The average molecular weight is 348 g/mol. The molecule has 6 nitrogen and oxygen atoms in total. The molecular weight excluding hydrogens is 320 g/mol. The minimum absolute atomic E-state index is 0.00431. The highest BCUT2D eigenvalue weighted by Gasteiger charge is 2.26. The molecule has 1 aromatic heterocycles. The number of ether oxygens (including phenoxy) is 1. The largest absolute Gasteiger partial charge is 0.465 e. The molecule has 0 aliphatic carbocycles. The lowest BCUT2D eigenvalue weighted by Gasteiger charge is -2.34. The van der Waals surface area contributed by atoms with E-state index < -0.39 is 5.60 Å². The Kier molecular flexibility index (Phi) is 6.28. The quantitative estimate of drug-likeness (QED) is 0.783. The van der Waals surface area contributed by atoms with Crippen LogP contribution in [0.2, 0.25) is 0 Å². The molecule has 25 heavy (non-hydrogen) atoms. The van der Waals surface area contributed by atoms with Gasteiger partial charge in [0.05, 0.1) is 6.26 Å². The molecule has 2 rings (SSSR count). The van der Waals surface area contributed by atoms with Crippen molar-refractivity contribution in [1.82, 2.24) is 9.80 Å². The number of hydrogen-bond acceptors (Lipinski definition) is 4. The lowest BCUT2D eigenvalue weighted by Crippen LogP contribution is -2.42. The Balaban J connectivity index is 1.75. The normalized spacial score (nSPS) is 16.2. The number of furan rings is 1. The summed E-state index contributed by atoms with van der Waals surface area (Å²) in [5.41, 5.74) is -0.485. The van der Waals surface area contributed by atoms with E-state index in [2.05, 4.69) is 0 Å². The van der Waals surface area contributed by atoms with Crippen LogP contribution in [-0.4, -0.2) is 54.1 Å². The third-order valence-electron chi connectivity index (χ3n) is 4.10. The van der Waals surface area contributed by atoms with Crippen molar-refractivity contribution < 1.29 is 18.7 Å². The summed E-state index contributed by atoms with van der Waals surface area (Å²) in [6.07, 6.45) is 6.28. The van der Waals surface area contributed by atoms with Crippen molar-refractivity contribution in [1.29, 1.82) is 0 Å². The van der Waals surface area contributed by atoms with E-state index in [0.717, 1.165) is 12.8 Å². The van der Waals surface area contributed by atoms with Crippen LogP contribution in [0.4, 0.5) is 4.79 Å². The zero-order chi connectivity index (χ0) is 18.4. The summed E-state index contributed by atoms with van der Waals surface area (Å²) in [7, 11) is 1.76. The van der Waals surface area contributed by atoms with E-state index in [1.807, 2.05) is 31.7 Å². The van der Waals surface area contributed by atoms with Crippen LogP contribution < -0.4 is 0 Å². The summed E-state index contributed by atoms with van der Waals surface area (Å²) >= 11 is 0. The van der Waals surface area contributed by atoms with E-state index in [4.69, 9.17) is 9.15 Å². The average Bonchev–Trinajstić information content (AvgIpc) is 3.05. The van der Waals surface area contributed by atoms with Crippen LogP contribution in [0.1, 0.15) is 39.4 Å². The van der Waals surface area contributed by atoms with Gasteiger partial charge in [0, 0.05) is 32.8 Å². The molecule has 0 saturated carbocycles. The number of nitrogens with zero attached hydrogens (tertiary/aromatic N) is 2. The van der Waals surface area contributed by atoms with Crippen LogP contribution >= 0.6 is 0 Å². The lowest BCUT2D eigenvalue weighted by atomic mass is 9.96. The van der Waals surface area contributed by atoms with Gasteiger partial charge in [-0.2, -0.15) is 0 Å². The van der Waals surface area contributed by atoms with Crippen LogP contribution in [0.5, 0.6) is 0 Å². The van der Waals surface area contributed by atoms with Gasteiger partial charge < -0.3 is 19.0 Å². The maximum Gasteiger partial charge on any atom is 0.410 e. The molecule has 0 unspecified atom stereocenters. The Morgan fingerprint density at radius 1 is 1.36 bits per heavy atom. The first kappa shape index (κ1) is 19.1. The van der Waals surface area contributed by atoms with Crippen molar-refractivity contribution in [2.24, 2.45) is 5.92 Å². The topological polar surface area (TPSA) is 63.0 Å². The third-order valence-corrected chi connectivity index (χ3v) is 4.10. The van der Waals surface area contributed by atoms with E-state index >= 15 is 0 Å². The van der Waals surface area contributed by atoms with Gasteiger partial charge in [-0.15, -0.1) is 0 Å². The van der Waals surface area contributed by atoms with E-state index in [1.165, 1.54) is 0 Å². The fourth-order valence-corrected chi connectivity index (χ4v) is 2.78. The predicted octanol–water partition coefficient (Wildman–Crippen LogP) is 3.40. The van der Waals surface area contributed by atoms with Gasteiger partial charge in [-0.05, 0) is 57.7 Å². The number of amides is 2. The van der Waals surface area contributed by atoms with E-state index in [-0.39, 0.29) is 12.0 Å². The minimum atomic E-state index is -0.485. The number of carbonyl (C=O) groups excluding carboxylic acids is 2. The maximum atomic E-state index is 12.2. The van der Waals surface area contributed by atoms with Crippen LogP contribution in [0.25, 0.3) is 6.08 Å². The molecule has 138 valence electrons. The fraction of sp³-hybridized carbons (Fsp3) is 0.579. The van der Waals surface area contributed by atoms with Gasteiger partial charge in [0.15, 0.2) is 0 Å². The zero-order valence-electron chi connectivity index (χ0n) is 15.5. The smallest absolute Gasteiger partial charge is 0.410 e. The molecule has 1 aliphatic rings. The first-order valence-corrected chi connectivity index (χ1v) is 8.69. The highest BCUT2D eigenvalue weighted by molar-refractivity contribution is 5.91. The molecule has 2 heterocycles. The molecule has 2 amide bonds. The van der Waals surface area contributed by atoms with Crippen molar-refractivity contribution in [3.8, 4) is 0 Å². The Bertz CT molecular complexity index is 593. The molecule has 0 spiro atoms. The summed E-state index contributed by atoms with van der Waals surface area (Å²) in [5, 5.41) is 0. The molecule has 0 radical (unpaired) electrons. The Morgan fingerprint density at radius 3 is 2.60 bits per heavy atom. The predicted molar refractivity (Wildman–Crippen MR) is 95.9 cm³/mol. The van der Waals surface area contributed by atoms with E-state index in [0.29, 0.717) is 31.3 Å². The standard InChI is InChI=1S/C19H28N2O4/c1-19(2,3)25-18(23)20(4)14-15-9-11-21(12-10-15)17(22)8-7-16-6-5-13-24-16/h5-8,13,15H,9-12,14H2,1-4H3/b8-7+. The number of likely N-dealkylation sites (tertiary alicyclic amines) is 1. The van der Waals surface area contributed by atoms with Crippen molar-refractivity contribution in [3.63, 3.8) is 0 Å². The molecule has 0 N–H and O–H groups in total. The molecule has 1 fully saturated rings. The SMILES string of the molecule is CN(CC1CCN(C(=O)/C=C/c2ccco2)CC1)C(=O)OC(C)(C)C. The minimum Gasteiger partial charge on any atom is -0.465 e. The third kappa shape index (κ3) is 6.29. The molecular formula is C19H28N2O4. The highest BCUT2D eigenvalue weighted by atomic mass is 16.6. The monoisotopic (exact) mass is 348 g/mol. The summed E-state index contributed by atoms with van der Waals surface area (Å²) < 4.78 is 10.6. The Labute approximate surface area is 149 Å². The molecule has 1 saturated heterocycles. The highest BCUT2D eigenvalue weighted by Crippen LogP contribution is 2.19. The second-order valence-electron chi connectivity index (χ2n) is 7.48. The van der Waals surface area contributed by atoms with Gasteiger partial charge in [0.25, 0.3) is 0 Å². The molecule has 0 bridgehead atoms. The van der Waals surface area contributed by atoms with Gasteiger partial charge in [-0.25, -0.2) is 4.79 Å². The van der Waals surface area contributed by atoms with Gasteiger partial charge in [-0.1, -0.05) is 0 Å². The summed E-state index contributed by atoms with van der Waals surface area (Å²) in [5.74, 6) is 1.05. The molecule has 1 aliphatic heterocycles. The summed E-state index contributed by atoms with van der Waals surface area (Å²) in [4.78, 5) is 27.7. The van der Waals surface area contributed by atoms with Crippen molar-refractivity contribution >= 4 is 18.1 Å². The van der Waals surface area contributed by atoms with Crippen molar-refractivity contribution in [2.75, 3.05) is 26.7 Å². The molecule has 6 heteroatoms. The summed E-state index contributed by atoms with van der Waals surface area (Å²) in [6, 6.07) is 3.60. The molecule has 0 atom stereocenters. The van der Waals surface area contributed by atoms with Crippen molar-refractivity contribution in [2.45, 2.75) is 39.2 Å². The van der Waals surface area contributed by atoms with Crippen molar-refractivity contribution in [3.05, 3.63) is 30.2 Å². The number of rotatable bonds is 4. The molecule has 0 aromatic carbocycles. The summed E-state index contributed by atoms with van der Waals surface area (Å²) in [6.45, 7) is 7.64. The number of carbonyl (C=O) groups is 2. The van der Waals surface area contributed by atoms with Crippen LogP contribution in [0.15, 0.2) is 28.9 Å². The van der Waals surface area contributed by atoms with Crippen LogP contribution in [0, 0.1) is 5.92 Å². The van der Waals surface area contributed by atoms with Gasteiger partial charge in [0.2, 0.25) is 5.91 Å². The Hall–Kier alpha value is -2.24. The lowest BCUT2D eigenvalue weighted by molar-refractivity contribution is -0.127. The first-order chi connectivity index (χ1) is 11.7. The van der Waals surface area contributed by atoms with Crippen LogP contribution in [0.3, 0.4) is 0 Å². The first-order valence-electron chi connectivity index (χ1n) is 8.69. The fourth-order valence-electron chi connectivity index (χ4n) is 2.78. The van der Waals surface area contributed by atoms with Gasteiger partial charge >= 0.3 is 6.09 Å². The van der Waals surface area contributed by atoms with Gasteiger partial charge in [0.1, 0.15) is 11.4 Å². The van der Waals surface area contributed by atoms with E-state index in [1.54, 1.807) is 36.4 Å². The van der Waals surface area contributed by atoms with Crippen LogP contribution in [-0.2, 0) is 9.53 Å². The van der Waals surface area contributed by atoms with Gasteiger partial charge in [-0.3, -0.25) is 4.79 Å². The molecule has 1 aromatic rings.